The lowest BCUT2D eigenvalue weighted by Crippen LogP contribution is -2.31. The molecule has 0 aliphatic heterocycles. The Morgan fingerprint density at radius 1 is 1.04 bits per heavy atom. The molecule has 3 rings (SSSR count). The Kier molecular flexibility index (Phi) is 4.19. The Morgan fingerprint density at radius 2 is 1.78 bits per heavy atom. The minimum absolute atomic E-state index is 0.359. The van der Waals surface area contributed by atoms with Crippen molar-refractivity contribution in [2.75, 3.05) is 11.4 Å². The maximum absolute atomic E-state index is 4.88. The van der Waals surface area contributed by atoms with E-state index in [1.165, 1.54) is 0 Å². The van der Waals surface area contributed by atoms with E-state index < -0.39 is 0 Å². The van der Waals surface area contributed by atoms with Crippen molar-refractivity contribution >= 4 is 16.7 Å². The van der Waals surface area contributed by atoms with E-state index in [9.17, 15) is 0 Å². The van der Waals surface area contributed by atoms with Gasteiger partial charge in [0.15, 0.2) is 5.82 Å². The van der Waals surface area contributed by atoms with Crippen molar-refractivity contribution in [2.45, 2.75) is 33.7 Å². The van der Waals surface area contributed by atoms with Gasteiger partial charge >= 0.3 is 0 Å². The van der Waals surface area contributed by atoms with Gasteiger partial charge in [-0.05, 0) is 45.4 Å². The van der Waals surface area contributed by atoms with Crippen molar-refractivity contribution in [3.05, 3.63) is 42.5 Å². The molecule has 0 spiro atoms. The van der Waals surface area contributed by atoms with Crippen LogP contribution in [-0.4, -0.2) is 32.5 Å². The number of hydrogen-bond acceptors (Lipinski definition) is 5. The maximum Gasteiger partial charge on any atom is 0.162 e. The van der Waals surface area contributed by atoms with E-state index in [-0.39, 0.29) is 0 Å². The van der Waals surface area contributed by atoms with Crippen LogP contribution in [0.2, 0.25) is 0 Å². The zero-order valence-corrected chi connectivity index (χ0v) is 14.0. The summed E-state index contributed by atoms with van der Waals surface area (Å²) in [5, 5.41) is 1.03. The van der Waals surface area contributed by atoms with Gasteiger partial charge in [-0.15, -0.1) is 0 Å². The summed E-state index contributed by atoms with van der Waals surface area (Å²) in [6.07, 6.45) is 7.21. The van der Waals surface area contributed by atoms with Crippen LogP contribution in [0.4, 0.5) is 5.82 Å². The van der Waals surface area contributed by atoms with Crippen LogP contribution in [0.25, 0.3) is 22.3 Å². The van der Waals surface area contributed by atoms with Gasteiger partial charge in [0, 0.05) is 42.1 Å². The molecule has 0 aliphatic rings. The Labute approximate surface area is 136 Å². The summed E-state index contributed by atoms with van der Waals surface area (Å²) in [6, 6.07) is 4.30. The van der Waals surface area contributed by atoms with Gasteiger partial charge in [-0.1, -0.05) is 0 Å². The van der Waals surface area contributed by atoms with Crippen LogP contribution in [0, 0.1) is 6.92 Å². The molecule has 0 N–H and O–H groups in total. The number of fused-ring (bicyclic) bond motifs is 1. The summed E-state index contributed by atoms with van der Waals surface area (Å²) in [4.78, 5) is 20.3. The Hall–Kier alpha value is -2.56. The largest absolute Gasteiger partial charge is 0.354 e. The highest BCUT2D eigenvalue weighted by Crippen LogP contribution is 2.29. The molecule has 0 unspecified atom stereocenters. The fraction of sp³-hybridized carbons (Fsp3) is 0.333. The van der Waals surface area contributed by atoms with Crippen LogP contribution in [0.3, 0.4) is 0 Å². The van der Waals surface area contributed by atoms with E-state index in [0.717, 1.165) is 40.2 Å². The summed E-state index contributed by atoms with van der Waals surface area (Å²) >= 11 is 0. The van der Waals surface area contributed by atoms with Gasteiger partial charge in [0.2, 0.25) is 0 Å². The molecule has 0 bridgehead atoms. The lowest BCUT2D eigenvalue weighted by molar-refractivity contribution is 0.696. The van der Waals surface area contributed by atoms with E-state index in [2.05, 4.69) is 35.6 Å². The van der Waals surface area contributed by atoms with Crippen molar-refractivity contribution < 1.29 is 0 Å². The van der Waals surface area contributed by atoms with Gasteiger partial charge in [-0.3, -0.25) is 9.97 Å². The van der Waals surface area contributed by atoms with E-state index in [1.54, 1.807) is 18.6 Å². The molecule has 118 valence electrons. The number of nitrogens with zero attached hydrogens (tertiary/aromatic N) is 5. The molecule has 0 saturated heterocycles. The molecule has 23 heavy (non-hydrogen) atoms. The second kappa shape index (κ2) is 6.28. The minimum Gasteiger partial charge on any atom is -0.354 e. The van der Waals surface area contributed by atoms with Gasteiger partial charge in [-0.2, -0.15) is 0 Å². The van der Waals surface area contributed by atoms with Crippen LogP contribution in [0.15, 0.2) is 36.9 Å². The number of hydrogen-bond donors (Lipinski definition) is 0. The van der Waals surface area contributed by atoms with Crippen LogP contribution < -0.4 is 4.90 Å². The fourth-order valence-corrected chi connectivity index (χ4v) is 2.79. The zero-order valence-electron chi connectivity index (χ0n) is 14.0. The molecule has 0 aromatic carbocycles. The normalized spacial score (nSPS) is 11.2. The highest BCUT2D eigenvalue weighted by molar-refractivity contribution is 5.90. The third-order valence-electron chi connectivity index (χ3n) is 3.98. The first kappa shape index (κ1) is 15.3. The molecule has 3 heterocycles. The Bertz CT molecular complexity index is 829. The molecule has 5 heteroatoms. The van der Waals surface area contributed by atoms with Crippen LogP contribution in [0.1, 0.15) is 26.3 Å². The van der Waals surface area contributed by atoms with E-state index in [0.29, 0.717) is 6.04 Å². The highest BCUT2D eigenvalue weighted by Gasteiger charge is 2.17. The minimum atomic E-state index is 0.359. The zero-order chi connectivity index (χ0) is 16.4. The third-order valence-corrected chi connectivity index (χ3v) is 3.98. The summed E-state index contributed by atoms with van der Waals surface area (Å²) in [5.74, 6) is 1.68. The van der Waals surface area contributed by atoms with Crippen molar-refractivity contribution in [1.82, 2.24) is 19.9 Å². The van der Waals surface area contributed by atoms with Gasteiger partial charge in [0.05, 0.1) is 11.7 Å². The topological polar surface area (TPSA) is 54.8 Å². The molecule has 0 atom stereocenters. The van der Waals surface area contributed by atoms with E-state index in [4.69, 9.17) is 9.97 Å². The standard InChI is InChI=1S/C18H21N5/c1-5-23(12(2)3)18-15-7-9-20-11-16(15)21-17(22-18)14-6-8-19-10-13(14)4/h6-12H,5H2,1-4H3. The monoisotopic (exact) mass is 307 g/mol. The predicted octanol–water partition coefficient (Wildman–Crippen LogP) is 3.63. The fourth-order valence-electron chi connectivity index (χ4n) is 2.79. The predicted molar refractivity (Wildman–Crippen MR) is 93.5 cm³/mol. The lowest BCUT2D eigenvalue weighted by atomic mass is 10.1. The van der Waals surface area contributed by atoms with Crippen molar-refractivity contribution in [2.24, 2.45) is 0 Å². The smallest absolute Gasteiger partial charge is 0.162 e. The van der Waals surface area contributed by atoms with Gasteiger partial charge in [-0.25, -0.2) is 9.97 Å². The molecule has 5 nitrogen and oxygen atoms in total. The average Bonchev–Trinajstić information content (AvgIpc) is 2.55. The van der Waals surface area contributed by atoms with Crippen LogP contribution >= 0.6 is 0 Å². The summed E-state index contributed by atoms with van der Waals surface area (Å²) in [6.45, 7) is 9.41. The van der Waals surface area contributed by atoms with Gasteiger partial charge < -0.3 is 4.90 Å². The van der Waals surface area contributed by atoms with E-state index >= 15 is 0 Å². The molecule has 3 aromatic rings. The molecule has 3 aromatic heterocycles. The molecular weight excluding hydrogens is 286 g/mol. The summed E-state index contributed by atoms with van der Waals surface area (Å²) in [5.41, 5.74) is 2.93. The number of aryl methyl sites for hydroxylation is 1. The maximum atomic E-state index is 4.88. The second-order valence-electron chi connectivity index (χ2n) is 5.83. The summed E-state index contributed by atoms with van der Waals surface area (Å²) < 4.78 is 0. The number of aromatic nitrogens is 4. The van der Waals surface area contributed by atoms with Crippen molar-refractivity contribution in [1.29, 1.82) is 0 Å². The van der Waals surface area contributed by atoms with Crippen LogP contribution in [0.5, 0.6) is 0 Å². The second-order valence-corrected chi connectivity index (χ2v) is 5.83. The first-order valence-corrected chi connectivity index (χ1v) is 7.91. The molecule has 0 fully saturated rings. The average molecular weight is 307 g/mol. The first-order valence-electron chi connectivity index (χ1n) is 7.91. The molecular formula is C18H21N5. The highest BCUT2D eigenvalue weighted by atomic mass is 15.2. The first-order chi connectivity index (χ1) is 11.1. The van der Waals surface area contributed by atoms with Gasteiger partial charge in [0.1, 0.15) is 5.82 Å². The van der Waals surface area contributed by atoms with E-state index in [1.807, 2.05) is 25.3 Å². The Morgan fingerprint density at radius 3 is 2.48 bits per heavy atom. The van der Waals surface area contributed by atoms with Crippen molar-refractivity contribution in [3.8, 4) is 11.4 Å². The SMILES string of the molecule is CCN(c1nc(-c2ccncc2C)nc2cnccc12)C(C)C. The lowest BCUT2D eigenvalue weighted by Gasteiger charge is -2.27. The quantitative estimate of drug-likeness (QED) is 0.736. The third kappa shape index (κ3) is 2.86. The molecule has 0 radical (unpaired) electrons. The molecule has 0 aliphatic carbocycles. The Balaban J connectivity index is 2.28. The number of rotatable bonds is 4. The number of pyridine rings is 2. The van der Waals surface area contributed by atoms with Crippen molar-refractivity contribution in [3.63, 3.8) is 0 Å². The molecule has 0 saturated carbocycles. The van der Waals surface area contributed by atoms with Gasteiger partial charge in [0.25, 0.3) is 0 Å². The molecule has 0 amide bonds. The van der Waals surface area contributed by atoms with Crippen LogP contribution in [-0.2, 0) is 0 Å². The summed E-state index contributed by atoms with van der Waals surface area (Å²) in [7, 11) is 0. The number of anilines is 1.